The van der Waals surface area contributed by atoms with Gasteiger partial charge in [0.05, 0.1) is 6.42 Å². The van der Waals surface area contributed by atoms with Crippen molar-refractivity contribution in [2.24, 2.45) is 0 Å². The first kappa shape index (κ1) is 10.9. The molecule has 0 rings (SSSR count). The number of alkyl halides is 2. The van der Waals surface area contributed by atoms with Crippen LogP contribution in [0, 0.1) is 0 Å². The summed E-state index contributed by atoms with van der Waals surface area (Å²) in [6.45, 7) is 1.33. The van der Waals surface area contributed by atoms with Crippen LogP contribution in [0.1, 0.15) is 20.3 Å². The summed E-state index contributed by atoms with van der Waals surface area (Å²) in [5, 5.41) is 0. The molecule has 0 atom stereocenters. The van der Waals surface area contributed by atoms with Gasteiger partial charge in [-0.15, -0.1) is 0 Å². The number of halogens is 2. The second-order valence-corrected chi connectivity index (χ2v) is 2.47. The summed E-state index contributed by atoms with van der Waals surface area (Å²) in [6.07, 6.45) is -1.02. The molecule has 12 heavy (non-hydrogen) atoms. The number of carbonyl (C=O) groups is 3. The van der Waals surface area contributed by atoms with Crippen LogP contribution in [0.4, 0.5) is 8.78 Å². The second-order valence-electron chi connectivity index (χ2n) is 2.47. The Morgan fingerprint density at radius 3 is 1.92 bits per heavy atom. The van der Waals surface area contributed by atoms with Crippen LogP contribution in [0.5, 0.6) is 0 Å². The first-order valence-electron chi connectivity index (χ1n) is 3.20. The molecule has 5 heteroatoms. The molecule has 0 aliphatic carbocycles. The van der Waals surface area contributed by atoms with Gasteiger partial charge in [-0.25, -0.2) is 0 Å². The molecule has 0 heterocycles. The topological polar surface area (TPSA) is 51.2 Å². The molecule has 0 amide bonds. The maximum absolute atomic E-state index is 12.1. The molecule has 0 fully saturated rings. The van der Waals surface area contributed by atoms with E-state index in [0.717, 1.165) is 6.92 Å². The highest BCUT2D eigenvalue weighted by Crippen LogP contribution is 2.14. The molecule has 0 aromatic rings. The zero-order valence-corrected chi connectivity index (χ0v) is 6.69. The number of hydrogen-bond acceptors (Lipinski definition) is 3. The third-order valence-corrected chi connectivity index (χ3v) is 1.20. The Morgan fingerprint density at radius 2 is 1.67 bits per heavy atom. The Kier molecular flexibility index (Phi) is 3.18. The minimum absolute atomic E-state index is 0.392. The lowest BCUT2D eigenvalue weighted by Crippen LogP contribution is -2.28. The van der Waals surface area contributed by atoms with Crippen LogP contribution in [0.3, 0.4) is 0 Å². The Balaban J connectivity index is 4.21. The van der Waals surface area contributed by atoms with Gasteiger partial charge in [0.15, 0.2) is 5.78 Å². The molecule has 0 unspecified atom stereocenters. The van der Waals surface area contributed by atoms with Gasteiger partial charge in [-0.3, -0.25) is 14.4 Å². The number of rotatable bonds is 4. The fraction of sp³-hybridized carbons (Fsp3) is 0.571. The maximum atomic E-state index is 12.1. The zero-order chi connectivity index (χ0) is 9.94. The molecular weight excluding hydrogens is 170 g/mol. The summed E-state index contributed by atoms with van der Waals surface area (Å²) in [4.78, 5) is 31.2. The third-order valence-electron chi connectivity index (χ3n) is 1.20. The predicted molar refractivity (Wildman–Crippen MR) is 35.9 cm³/mol. The highest BCUT2D eigenvalue weighted by Gasteiger charge is 2.33. The van der Waals surface area contributed by atoms with Gasteiger partial charge in [-0.05, 0) is 0 Å². The molecule has 0 aliphatic rings. The lowest BCUT2D eigenvalue weighted by molar-refractivity contribution is -0.146. The molecule has 0 aliphatic heterocycles. The Hall–Kier alpha value is -1.13. The number of carbonyl (C=O) groups excluding carboxylic acids is 3. The van der Waals surface area contributed by atoms with Crippen molar-refractivity contribution in [2.45, 2.75) is 26.2 Å². The molecule has 3 nitrogen and oxygen atoms in total. The summed E-state index contributed by atoms with van der Waals surface area (Å²) < 4.78 is 24.3. The van der Waals surface area contributed by atoms with Gasteiger partial charge in [-0.1, -0.05) is 0 Å². The van der Waals surface area contributed by atoms with Crippen molar-refractivity contribution >= 4 is 17.3 Å². The van der Waals surface area contributed by atoms with Crippen LogP contribution in [-0.4, -0.2) is 23.3 Å². The van der Waals surface area contributed by atoms with Crippen molar-refractivity contribution in [3.05, 3.63) is 0 Å². The monoisotopic (exact) mass is 178 g/mol. The van der Waals surface area contributed by atoms with Gasteiger partial charge in [0.2, 0.25) is 11.6 Å². The Morgan fingerprint density at radius 1 is 1.25 bits per heavy atom. The quantitative estimate of drug-likeness (QED) is 0.471. The molecule has 68 valence electrons. The normalized spacial score (nSPS) is 11.0. The summed E-state index contributed by atoms with van der Waals surface area (Å²) in [7, 11) is 0. The van der Waals surface area contributed by atoms with E-state index in [1.807, 2.05) is 0 Å². The van der Waals surface area contributed by atoms with Crippen molar-refractivity contribution in [3.8, 4) is 0 Å². The first-order chi connectivity index (χ1) is 5.25. The number of hydrogen-bond donors (Lipinski definition) is 0. The molecular formula is C7H8F2O3. The third kappa shape index (κ3) is 3.32. The van der Waals surface area contributed by atoms with E-state index in [-0.39, 0.29) is 0 Å². The molecule has 0 N–H and O–H groups in total. The largest absolute Gasteiger partial charge is 0.303 e. The Labute approximate surface area is 67.7 Å². The average molecular weight is 178 g/mol. The number of Topliss-reactive ketones (excluding diaryl/α,β-unsaturated/α-hetero) is 3. The van der Waals surface area contributed by atoms with Crippen LogP contribution in [0.2, 0.25) is 0 Å². The van der Waals surface area contributed by atoms with E-state index in [4.69, 9.17) is 0 Å². The summed E-state index contributed by atoms with van der Waals surface area (Å²) in [5.41, 5.74) is 0. The fourth-order valence-corrected chi connectivity index (χ4v) is 0.426. The van der Waals surface area contributed by atoms with Crippen LogP contribution in [0.25, 0.3) is 0 Å². The predicted octanol–water partition coefficient (Wildman–Crippen LogP) is 0.759. The van der Waals surface area contributed by atoms with E-state index in [0.29, 0.717) is 6.92 Å². The fourth-order valence-electron chi connectivity index (χ4n) is 0.426. The minimum atomic E-state index is -3.54. The van der Waals surface area contributed by atoms with Gasteiger partial charge in [0, 0.05) is 13.8 Å². The van der Waals surface area contributed by atoms with Crippen molar-refractivity contribution < 1.29 is 23.2 Å². The van der Waals surface area contributed by atoms with E-state index in [9.17, 15) is 23.2 Å². The lowest BCUT2D eigenvalue weighted by atomic mass is 10.1. The van der Waals surface area contributed by atoms with Crippen LogP contribution in [0.15, 0.2) is 0 Å². The molecule has 0 bridgehead atoms. The molecule has 0 aromatic heterocycles. The zero-order valence-electron chi connectivity index (χ0n) is 6.69. The molecule has 0 aromatic carbocycles. The van der Waals surface area contributed by atoms with E-state index in [2.05, 4.69) is 0 Å². The summed E-state index contributed by atoms with van der Waals surface area (Å²) in [5.74, 6) is -7.03. The van der Waals surface area contributed by atoms with Crippen LogP contribution < -0.4 is 0 Å². The van der Waals surface area contributed by atoms with Crippen molar-refractivity contribution in [2.75, 3.05) is 0 Å². The first-order valence-corrected chi connectivity index (χ1v) is 3.20. The molecule has 0 saturated heterocycles. The summed E-state index contributed by atoms with van der Waals surface area (Å²) in [6, 6.07) is 0. The average Bonchev–Trinajstić information content (AvgIpc) is 1.85. The van der Waals surface area contributed by atoms with Crippen molar-refractivity contribution in [3.63, 3.8) is 0 Å². The summed E-state index contributed by atoms with van der Waals surface area (Å²) >= 11 is 0. The van der Waals surface area contributed by atoms with E-state index in [1.54, 1.807) is 0 Å². The van der Waals surface area contributed by atoms with Gasteiger partial charge in [0.25, 0.3) is 0 Å². The van der Waals surface area contributed by atoms with E-state index < -0.39 is 29.7 Å². The van der Waals surface area contributed by atoms with Crippen molar-refractivity contribution in [1.29, 1.82) is 0 Å². The van der Waals surface area contributed by atoms with E-state index >= 15 is 0 Å². The Bertz CT molecular complexity index is 227. The highest BCUT2D eigenvalue weighted by molar-refractivity contribution is 6.39. The van der Waals surface area contributed by atoms with Gasteiger partial charge < -0.3 is 0 Å². The molecule has 0 saturated carbocycles. The molecule has 0 radical (unpaired) electrons. The maximum Gasteiger partial charge on any atom is 0.303 e. The van der Waals surface area contributed by atoms with Crippen LogP contribution in [-0.2, 0) is 14.4 Å². The van der Waals surface area contributed by atoms with Gasteiger partial charge in [0.1, 0.15) is 0 Å². The van der Waals surface area contributed by atoms with Crippen molar-refractivity contribution in [1.82, 2.24) is 0 Å². The molecule has 0 spiro atoms. The minimum Gasteiger partial charge on any atom is -0.292 e. The van der Waals surface area contributed by atoms with E-state index in [1.165, 1.54) is 0 Å². The number of ketones is 3. The van der Waals surface area contributed by atoms with Gasteiger partial charge >= 0.3 is 5.92 Å². The SMILES string of the molecule is CC(=O)C(=O)CC(=O)C(C)(F)F. The smallest absolute Gasteiger partial charge is 0.292 e. The highest BCUT2D eigenvalue weighted by atomic mass is 19.3. The lowest BCUT2D eigenvalue weighted by Gasteiger charge is -2.06. The second kappa shape index (κ2) is 3.51. The standard InChI is InChI=1S/C7H8F2O3/c1-4(10)5(11)3-6(12)7(2,8)9/h3H2,1-2H3. The van der Waals surface area contributed by atoms with Gasteiger partial charge in [-0.2, -0.15) is 8.78 Å². The van der Waals surface area contributed by atoms with Crippen LogP contribution >= 0.6 is 0 Å².